The third-order valence-electron chi connectivity index (χ3n) is 3.19. The summed E-state index contributed by atoms with van der Waals surface area (Å²) in [5, 5.41) is 2.95. The maximum absolute atomic E-state index is 12.2. The van der Waals surface area contributed by atoms with Crippen LogP contribution in [0.25, 0.3) is 0 Å². The Morgan fingerprint density at radius 3 is 2.35 bits per heavy atom. The molecule has 1 aromatic carbocycles. The first-order valence-electron chi connectivity index (χ1n) is 6.66. The summed E-state index contributed by atoms with van der Waals surface area (Å²) in [6, 6.07) is 5.14. The highest BCUT2D eigenvalue weighted by molar-refractivity contribution is 7.92. The molecule has 0 saturated heterocycles. The molecule has 0 aliphatic carbocycles. The van der Waals surface area contributed by atoms with Gasteiger partial charge in [-0.05, 0) is 37.5 Å². The molecule has 0 aliphatic heterocycles. The molecule has 1 rings (SSSR count). The van der Waals surface area contributed by atoms with Crippen molar-refractivity contribution in [3.63, 3.8) is 0 Å². The van der Waals surface area contributed by atoms with E-state index < -0.39 is 10.0 Å². The van der Waals surface area contributed by atoms with Gasteiger partial charge in [-0.15, -0.1) is 0 Å². The Balaban J connectivity index is 3.02. The van der Waals surface area contributed by atoms with Crippen LogP contribution < -0.4 is 10.0 Å². The number of carbonyl (C=O) groups is 1. The van der Waals surface area contributed by atoms with Gasteiger partial charge in [0.2, 0.25) is 10.0 Å². The molecule has 0 unspecified atom stereocenters. The van der Waals surface area contributed by atoms with Crippen molar-refractivity contribution in [1.82, 2.24) is 5.32 Å². The van der Waals surface area contributed by atoms with Gasteiger partial charge in [-0.3, -0.25) is 9.52 Å². The Morgan fingerprint density at radius 1 is 1.25 bits per heavy atom. The highest BCUT2D eigenvalue weighted by Gasteiger charge is 2.15. The second-order valence-corrected chi connectivity index (χ2v) is 6.59. The molecule has 112 valence electrons. The van der Waals surface area contributed by atoms with Crippen LogP contribution in [-0.2, 0) is 10.0 Å². The number of sulfonamides is 1. The zero-order valence-corrected chi connectivity index (χ0v) is 13.2. The smallest absolute Gasteiger partial charge is 0.251 e. The molecule has 0 heterocycles. The lowest BCUT2D eigenvalue weighted by atomic mass is 10.1. The fourth-order valence-electron chi connectivity index (χ4n) is 1.95. The minimum Gasteiger partial charge on any atom is -0.349 e. The van der Waals surface area contributed by atoms with Gasteiger partial charge in [0.1, 0.15) is 0 Å². The molecule has 0 aliphatic rings. The van der Waals surface area contributed by atoms with Crippen molar-refractivity contribution < 1.29 is 13.2 Å². The molecule has 0 bridgehead atoms. The molecular weight excluding hydrogens is 276 g/mol. The van der Waals surface area contributed by atoms with Crippen LogP contribution in [0, 0.1) is 6.92 Å². The lowest BCUT2D eigenvalue weighted by molar-refractivity contribution is 0.0934. The molecule has 20 heavy (non-hydrogen) atoms. The van der Waals surface area contributed by atoms with E-state index in [1.165, 1.54) is 0 Å². The van der Waals surface area contributed by atoms with Crippen molar-refractivity contribution in [2.75, 3.05) is 11.0 Å². The van der Waals surface area contributed by atoms with Crippen LogP contribution in [0.1, 0.15) is 42.6 Å². The van der Waals surface area contributed by atoms with E-state index in [1.807, 2.05) is 13.8 Å². The van der Waals surface area contributed by atoms with Gasteiger partial charge in [-0.2, -0.15) is 0 Å². The summed E-state index contributed by atoms with van der Waals surface area (Å²) >= 11 is 0. The molecule has 1 amide bonds. The van der Waals surface area contributed by atoms with Gasteiger partial charge in [0.25, 0.3) is 5.91 Å². The van der Waals surface area contributed by atoms with Crippen LogP contribution in [0.3, 0.4) is 0 Å². The normalized spacial score (nSPS) is 11.4. The third-order valence-corrected chi connectivity index (χ3v) is 3.79. The predicted molar refractivity (Wildman–Crippen MR) is 81.5 cm³/mol. The molecule has 0 spiro atoms. The molecule has 5 nitrogen and oxygen atoms in total. The van der Waals surface area contributed by atoms with Crippen LogP contribution >= 0.6 is 0 Å². The average molecular weight is 298 g/mol. The van der Waals surface area contributed by atoms with E-state index in [4.69, 9.17) is 0 Å². The quantitative estimate of drug-likeness (QED) is 0.846. The lowest BCUT2D eigenvalue weighted by Crippen LogP contribution is -2.34. The number of carbonyl (C=O) groups excluding carboxylic acids is 1. The number of hydrogen-bond donors (Lipinski definition) is 2. The number of hydrogen-bond acceptors (Lipinski definition) is 3. The fourth-order valence-corrected chi connectivity index (χ4v) is 2.57. The monoisotopic (exact) mass is 298 g/mol. The third kappa shape index (κ3) is 4.52. The summed E-state index contributed by atoms with van der Waals surface area (Å²) in [4.78, 5) is 12.2. The minimum absolute atomic E-state index is 0.133. The molecule has 0 aromatic heterocycles. The SMILES string of the molecule is CCC(CC)NC(=O)c1cccc(NS(C)(=O)=O)c1C. The Labute approximate surface area is 120 Å². The number of benzene rings is 1. The van der Waals surface area contributed by atoms with E-state index in [-0.39, 0.29) is 11.9 Å². The van der Waals surface area contributed by atoms with Crippen LogP contribution in [-0.4, -0.2) is 26.6 Å². The van der Waals surface area contributed by atoms with Crippen LogP contribution in [0.15, 0.2) is 18.2 Å². The Bertz CT molecular complexity index is 578. The predicted octanol–water partition coefficient (Wildman–Crippen LogP) is 2.28. The topological polar surface area (TPSA) is 75.3 Å². The summed E-state index contributed by atoms with van der Waals surface area (Å²) in [5.41, 5.74) is 1.55. The summed E-state index contributed by atoms with van der Waals surface area (Å²) in [6.07, 6.45) is 2.81. The number of anilines is 1. The first kappa shape index (κ1) is 16.5. The molecule has 0 fully saturated rings. The Morgan fingerprint density at radius 2 is 1.85 bits per heavy atom. The second-order valence-electron chi connectivity index (χ2n) is 4.84. The van der Waals surface area contributed by atoms with Crippen molar-refractivity contribution in [3.8, 4) is 0 Å². The number of nitrogens with one attached hydrogen (secondary N) is 2. The summed E-state index contributed by atoms with van der Waals surface area (Å²) in [6.45, 7) is 5.77. The molecule has 2 N–H and O–H groups in total. The van der Waals surface area contributed by atoms with E-state index in [9.17, 15) is 13.2 Å². The van der Waals surface area contributed by atoms with Crippen LogP contribution in [0.5, 0.6) is 0 Å². The largest absolute Gasteiger partial charge is 0.349 e. The van der Waals surface area contributed by atoms with Crippen molar-refractivity contribution in [2.24, 2.45) is 0 Å². The van der Waals surface area contributed by atoms with E-state index in [1.54, 1.807) is 25.1 Å². The zero-order chi connectivity index (χ0) is 15.3. The van der Waals surface area contributed by atoms with Gasteiger partial charge in [-0.25, -0.2) is 8.42 Å². The van der Waals surface area contributed by atoms with Gasteiger partial charge in [-0.1, -0.05) is 19.9 Å². The Hall–Kier alpha value is -1.56. The van der Waals surface area contributed by atoms with Crippen molar-refractivity contribution in [3.05, 3.63) is 29.3 Å². The summed E-state index contributed by atoms with van der Waals surface area (Å²) in [5.74, 6) is -0.173. The van der Waals surface area contributed by atoms with Gasteiger partial charge in [0.05, 0.1) is 11.9 Å². The van der Waals surface area contributed by atoms with Crippen LogP contribution in [0.4, 0.5) is 5.69 Å². The minimum atomic E-state index is -3.36. The summed E-state index contributed by atoms with van der Waals surface area (Å²) < 4.78 is 25.0. The van der Waals surface area contributed by atoms with Crippen LogP contribution in [0.2, 0.25) is 0 Å². The van der Waals surface area contributed by atoms with E-state index in [0.29, 0.717) is 16.8 Å². The van der Waals surface area contributed by atoms with Gasteiger partial charge in [0.15, 0.2) is 0 Å². The molecule has 1 aromatic rings. The van der Waals surface area contributed by atoms with E-state index in [2.05, 4.69) is 10.0 Å². The van der Waals surface area contributed by atoms with Crippen molar-refractivity contribution in [1.29, 1.82) is 0 Å². The van der Waals surface area contributed by atoms with E-state index in [0.717, 1.165) is 19.1 Å². The molecule has 0 atom stereocenters. The lowest BCUT2D eigenvalue weighted by Gasteiger charge is -2.17. The first-order chi connectivity index (χ1) is 9.28. The maximum Gasteiger partial charge on any atom is 0.251 e. The molecule has 0 radical (unpaired) electrons. The second kappa shape index (κ2) is 6.74. The maximum atomic E-state index is 12.2. The highest BCUT2D eigenvalue weighted by atomic mass is 32.2. The highest BCUT2D eigenvalue weighted by Crippen LogP contribution is 2.20. The molecular formula is C14H22N2O3S. The van der Waals surface area contributed by atoms with E-state index >= 15 is 0 Å². The zero-order valence-electron chi connectivity index (χ0n) is 12.4. The van der Waals surface area contributed by atoms with Gasteiger partial charge >= 0.3 is 0 Å². The van der Waals surface area contributed by atoms with Gasteiger partial charge < -0.3 is 5.32 Å². The van der Waals surface area contributed by atoms with Crippen molar-refractivity contribution in [2.45, 2.75) is 39.7 Å². The van der Waals surface area contributed by atoms with Gasteiger partial charge in [0, 0.05) is 11.6 Å². The fraction of sp³-hybridized carbons (Fsp3) is 0.500. The summed E-state index contributed by atoms with van der Waals surface area (Å²) in [7, 11) is -3.36. The standard InChI is InChI=1S/C14H22N2O3S/c1-5-11(6-2)15-14(17)12-8-7-9-13(10(12)3)16-20(4,18)19/h7-9,11,16H,5-6H2,1-4H3,(H,15,17). The van der Waals surface area contributed by atoms with Crippen molar-refractivity contribution >= 4 is 21.6 Å². The molecule has 6 heteroatoms. The Kier molecular flexibility index (Phi) is 5.56. The number of rotatable bonds is 6. The molecule has 0 saturated carbocycles. The number of amides is 1. The first-order valence-corrected chi connectivity index (χ1v) is 8.55. The average Bonchev–Trinajstić information content (AvgIpc) is 2.36.